The lowest BCUT2D eigenvalue weighted by molar-refractivity contribution is -0.0247. The highest BCUT2D eigenvalue weighted by molar-refractivity contribution is 7.07. The summed E-state index contributed by atoms with van der Waals surface area (Å²) in [6.07, 6.45) is 3.47. The number of aryl methyl sites for hydroxylation is 1. The number of pyridine rings is 1. The van der Waals surface area contributed by atoms with Crippen LogP contribution in [0.2, 0.25) is 0 Å². The van der Waals surface area contributed by atoms with Gasteiger partial charge in [-0.05, 0) is 30.5 Å². The molecule has 6 nitrogen and oxygen atoms in total. The minimum atomic E-state index is -0.0114. The zero-order valence-corrected chi connectivity index (χ0v) is 13.0. The molecule has 1 aliphatic rings. The van der Waals surface area contributed by atoms with E-state index in [-0.39, 0.29) is 12.0 Å². The van der Waals surface area contributed by atoms with Crippen LogP contribution >= 0.6 is 11.3 Å². The molecule has 2 aromatic heterocycles. The van der Waals surface area contributed by atoms with Crippen molar-refractivity contribution in [2.75, 3.05) is 25.4 Å². The first-order valence-corrected chi connectivity index (χ1v) is 8.16. The summed E-state index contributed by atoms with van der Waals surface area (Å²) in [6.45, 7) is 1.80. The number of hydrogen-bond acceptors (Lipinski definition) is 6. The summed E-state index contributed by atoms with van der Waals surface area (Å²) in [5.74, 6) is 0.519. The molecule has 0 aliphatic carbocycles. The highest BCUT2D eigenvalue weighted by Gasteiger charge is 2.25. The number of carbonyl (C=O) groups is 1. The summed E-state index contributed by atoms with van der Waals surface area (Å²) in [7, 11) is 0. The lowest BCUT2D eigenvalue weighted by Gasteiger charge is -2.32. The van der Waals surface area contributed by atoms with Gasteiger partial charge < -0.3 is 15.4 Å². The van der Waals surface area contributed by atoms with Gasteiger partial charge in [-0.15, -0.1) is 11.3 Å². The van der Waals surface area contributed by atoms with E-state index in [0.717, 1.165) is 18.4 Å². The second-order valence-corrected chi connectivity index (χ2v) is 5.96. The quantitative estimate of drug-likeness (QED) is 0.926. The number of morpholine rings is 1. The number of hydrogen-bond donors (Lipinski definition) is 1. The summed E-state index contributed by atoms with van der Waals surface area (Å²) in [5, 5.41) is 1.78. The summed E-state index contributed by atoms with van der Waals surface area (Å²) >= 11 is 1.43. The molecule has 3 rings (SSSR count). The van der Waals surface area contributed by atoms with Gasteiger partial charge in [0.15, 0.2) is 0 Å². The summed E-state index contributed by atoms with van der Waals surface area (Å²) in [6, 6.07) is 3.83. The lowest BCUT2D eigenvalue weighted by atomic mass is 10.1. The molecule has 0 unspecified atom stereocenters. The topological polar surface area (TPSA) is 81.3 Å². The maximum Gasteiger partial charge on any atom is 0.273 e. The zero-order chi connectivity index (χ0) is 15.4. The Kier molecular flexibility index (Phi) is 4.65. The zero-order valence-electron chi connectivity index (χ0n) is 12.1. The predicted octanol–water partition coefficient (Wildman–Crippen LogP) is 1.59. The molecule has 0 saturated carbocycles. The molecule has 116 valence electrons. The average Bonchev–Trinajstić information content (AvgIpc) is 3.07. The number of thiazole rings is 1. The molecule has 3 heterocycles. The molecule has 2 N–H and O–H groups in total. The molecule has 1 aliphatic heterocycles. The highest BCUT2D eigenvalue weighted by Crippen LogP contribution is 2.15. The molecule has 1 fully saturated rings. The number of anilines is 1. The third-order valence-corrected chi connectivity index (χ3v) is 4.26. The van der Waals surface area contributed by atoms with Gasteiger partial charge in [0.2, 0.25) is 0 Å². The van der Waals surface area contributed by atoms with Crippen LogP contribution in [0.25, 0.3) is 0 Å². The average molecular weight is 318 g/mol. The van der Waals surface area contributed by atoms with Crippen molar-refractivity contribution >= 4 is 23.1 Å². The fourth-order valence-corrected chi connectivity index (χ4v) is 3.06. The number of carbonyl (C=O) groups excluding carboxylic acids is 1. The first-order valence-electron chi connectivity index (χ1n) is 7.22. The first-order chi connectivity index (χ1) is 10.7. The Bertz CT molecular complexity index is 632. The molecular formula is C15H18N4O2S. The normalized spacial score (nSPS) is 18.4. The Balaban J connectivity index is 1.55. The van der Waals surface area contributed by atoms with Crippen LogP contribution in [-0.4, -0.2) is 46.6 Å². The number of aromatic nitrogens is 2. The van der Waals surface area contributed by atoms with Crippen LogP contribution in [0.1, 0.15) is 22.5 Å². The Morgan fingerprint density at radius 3 is 3.18 bits per heavy atom. The monoisotopic (exact) mass is 318 g/mol. The third-order valence-electron chi connectivity index (χ3n) is 3.68. The molecular weight excluding hydrogens is 300 g/mol. The van der Waals surface area contributed by atoms with Crippen molar-refractivity contribution in [3.8, 4) is 0 Å². The Hall–Kier alpha value is -1.99. The first kappa shape index (κ1) is 14.9. The highest BCUT2D eigenvalue weighted by atomic mass is 32.1. The minimum absolute atomic E-state index is 0.0114. The van der Waals surface area contributed by atoms with Crippen LogP contribution in [-0.2, 0) is 11.2 Å². The van der Waals surface area contributed by atoms with Crippen LogP contribution in [0.4, 0.5) is 5.82 Å². The van der Waals surface area contributed by atoms with E-state index in [9.17, 15) is 4.79 Å². The number of ether oxygens (including phenoxy) is 1. The second-order valence-electron chi connectivity index (χ2n) is 5.25. The van der Waals surface area contributed by atoms with Crippen LogP contribution in [0.5, 0.6) is 0 Å². The van der Waals surface area contributed by atoms with E-state index >= 15 is 0 Å². The maximum absolute atomic E-state index is 12.3. The van der Waals surface area contributed by atoms with Gasteiger partial charge in [-0.3, -0.25) is 4.79 Å². The fourth-order valence-electron chi connectivity index (χ4n) is 2.54. The van der Waals surface area contributed by atoms with E-state index in [1.54, 1.807) is 17.1 Å². The van der Waals surface area contributed by atoms with Crippen LogP contribution in [0, 0.1) is 0 Å². The van der Waals surface area contributed by atoms with E-state index < -0.39 is 0 Å². The van der Waals surface area contributed by atoms with E-state index in [4.69, 9.17) is 10.5 Å². The molecule has 1 saturated heterocycles. The molecule has 0 bridgehead atoms. The van der Waals surface area contributed by atoms with E-state index in [1.807, 2.05) is 17.0 Å². The Morgan fingerprint density at radius 1 is 1.50 bits per heavy atom. The largest absolute Gasteiger partial charge is 0.384 e. The summed E-state index contributed by atoms with van der Waals surface area (Å²) in [4.78, 5) is 22.2. The SMILES string of the molecule is Nc1cc(CC[C@@H]2CN(C(=O)c3cscn3)CCO2)ccn1. The van der Waals surface area contributed by atoms with E-state index in [2.05, 4.69) is 9.97 Å². The predicted molar refractivity (Wildman–Crippen MR) is 84.7 cm³/mol. The molecule has 0 aromatic carbocycles. The van der Waals surface area contributed by atoms with Crippen LogP contribution in [0.3, 0.4) is 0 Å². The number of nitrogens with two attached hydrogens (primary N) is 1. The van der Waals surface area contributed by atoms with Crippen molar-refractivity contribution in [2.24, 2.45) is 0 Å². The molecule has 2 aromatic rings. The summed E-state index contributed by atoms with van der Waals surface area (Å²) < 4.78 is 5.77. The Morgan fingerprint density at radius 2 is 2.41 bits per heavy atom. The van der Waals surface area contributed by atoms with Gasteiger partial charge in [0.25, 0.3) is 5.91 Å². The van der Waals surface area contributed by atoms with E-state index in [0.29, 0.717) is 31.2 Å². The van der Waals surface area contributed by atoms with Gasteiger partial charge in [-0.1, -0.05) is 0 Å². The standard InChI is InChI=1S/C15H18N4O2S/c16-14-7-11(3-4-17-14)1-2-12-8-19(5-6-21-12)15(20)13-9-22-10-18-13/h3-4,7,9-10,12H,1-2,5-6,8H2,(H2,16,17)/t12-/m1/s1. The van der Waals surface area contributed by atoms with Crippen molar-refractivity contribution < 1.29 is 9.53 Å². The number of amides is 1. The van der Waals surface area contributed by atoms with Gasteiger partial charge in [0, 0.05) is 24.7 Å². The summed E-state index contributed by atoms with van der Waals surface area (Å²) in [5.41, 5.74) is 9.02. The van der Waals surface area contributed by atoms with Crippen molar-refractivity contribution in [3.63, 3.8) is 0 Å². The molecule has 0 radical (unpaired) electrons. The number of nitrogen functional groups attached to an aromatic ring is 1. The minimum Gasteiger partial charge on any atom is -0.384 e. The fraction of sp³-hybridized carbons (Fsp3) is 0.400. The molecule has 1 atom stereocenters. The van der Waals surface area contributed by atoms with Crippen LogP contribution in [0.15, 0.2) is 29.2 Å². The lowest BCUT2D eigenvalue weighted by Crippen LogP contribution is -2.45. The van der Waals surface area contributed by atoms with Gasteiger partial charge in [0.05, 0.1) is 18.2 Å². The smallest absolute Gasteiger partial charge is 0.273 e. The van der Waals surface area contributed by atoms with Crippen molar-refractivity contribution in [2.45, 2.75) is 18.9 Å². The van der Waals surface area contributed by atoms with Crippen molar-refractivity contribution in [3.05, 3.63) is 40.5 Å². The van der Waals surface area contributed by atoms with Crippen molar-refractivity contribution in [1.29, 1.82) is 0 Å². The molecule has 0 spiro atoms. The van der Waals surface area contributed by atoms with E-state index in [1.165, 1.54) is 11.3 Å². The van der Waals surface area contributed by atoms with Gasteiger partial charge in [-0.2, -0.15) is 0 Å². The van der Waals surface area contributed by atoms with Gasteiger partial charge in [-0.25, -0.2) is 9.97 Å². The number of rotatable bonds is 4. The van der Waals surface area contributed by atoms with Crippen molar-refractivity contribution in [1.82, 2.24) is 14.9 Å². The Labute approximate surface area is 132 Å². The molecule has 1 amide bonds. The number of nitrogens with zero attached hydrogens (tertiary/aromatic N) is 3. The van der Waals surface area contributed by atoms with Gasteiger partial charge in [0.1, 0.15) is 11.5 Å². The second kappa shape index (κ2) is 6.85. The molecule has 7 heteroatoms. The van der Waals surface area contributed by atoms with Crippen LogP contribution < -0.4 is 5.73 Å². The van der Waals surface area contributed by atoms with Gasteiger partial charge >= 0.3 is 0 Å². The maximum atomic E-state index is 12.3. The third kappa shape index (κ3) is 3.61. The molecule has 22 heavy (non-hydrogen) atoms.